The zero-order valence-electron chi connectivity index (χ0n) is 7.55. The molecule has 0 spiro atoms. The van der Waals surface area contributed by atoms with Crippen molar-refractivity contribution in [2.45, 2.75) is 19.4 Å². The third kappa shape index (κ3) is 1.99. The van der Waals surface area contributed by atoms with Crippen LogP contribution in [0.5, 0.6) is 0 Å². The fraction of sp³-hybridized carbons (Fsp3) is 0.667. The lowest BCUT2D eigenvalue weighted by Crippen LogP contribution is -2.36. The van der Waals surface area contributed by atoms with Crippen molar-refractivity contribution in [3.8, 4) is 11.8 Å². The monoisotopic (exact) mass is 166 g/mol. The number of carbonyl (C=O) groups excluding carboxylic acids is 1. The number of likely N-dealkylation sites (tertiary alicyclic amines) is 1. The molecule has 0 aromatic carbocycles. The lowest BCUT2D eigenvalue weighted by atomic mass is 10.2. The molecule has 0 radical (unpaired) electrons. The van der Waals surface area contributed by atoms with Crippen LogP contribution in [-0.2, 0) is 4.79 Å². The van der Waals surface area contributed by atoms with Gasteiger partial charge in [-0.1, -0.05) is 5.92 Å². The number of likely N-dealkylation sites (N-methyl/N-ethyl adjacent to an activating group) is 1. The van der Waals surface area contributed by atoms with Crippen LogP contribution in [0.2, 0.25) is 0 Å². The van der Waals surface area contributed by atoms with Gasteiger partial charge in [-0.25, -0.2) is 0 Å². The van der Waals surface area contributed by atoms with Gasteiger partial charge >= 0.3 is 0 Å². The predicted octanol–water partition coefficient (Wildman–Crippen LogP) is -0.170. The Morgan fingerprint density at radius 3 is 3.00 bits per heavy atom. The molecule has 1 aliphatic rings. The molecule has 3 heteroatoms. The minimum Gasteiger partial charge on any atom is -0.344 e. The molecule has 3 nitrogen and oxygen atoms in total. The fourth-order valence-electron chi connectivity index (χ4n) is 1.27. The van der Waals surface area contributed by atoms with Crippen LogP contribution in [0.1, 0.15) is 13.3 Å². The van der Waals surface area contributed by atoms with E-state index >= 15 is 0 Å². The highest BCUT2D eigenvalue weighted by atomic mass is 16.2. The smallest absolute Gasteiger partial charge is 0.239 e. The van der Waals surface area contributed by atoms with Crippen molar-refractivity contribution in [1.82, 2.24) is 10.2 Å². The molecule has 1 atom stereocenters. The Balaban J connectivity index is 2.32. The third-order valence-electron chi connectivity index (χ3n) is 2.04. The first-order valence-electron chi connectivity index (χ1n) is 4.13. The van der Waals surface area contributed by atoms with E-state index in [1.165, 1.54) is 0 Å². The number of hydrogen-bond donors (Lipinski definition) is 1. The molecule has 1 saturated heterocycles. The highest BCUT2D eigenvalue weighted by Crippen LogP contribution is 2.07. The van der Waals surface area contributed by atoms with E-state index in [1.807, 2.05) is 7.05 Å². The van der Waals surface area contributed by atoms with E-state index in [0.717, 1.165) is 13.0 Å². The van der Waals surface area contributed by atoms with Crippen LogP contribution in [0.15, 0.2) is 0 Å². The molecule has 0 saturated carbocycles. The topological polar surface area (TPSA) is 32.3 Å². The standard InChI is InChI=1S/C9H14N2O/c1-3-4-6-10-8-5-7-11(2)9(8)12/h8,10H,5-7H2,1-2H3. The van der Waals surface area contributed by atoms with Gasteiger partial charge in [0.15, 0.2) is 0 Å². The molecule has 12 heavy (non-hydrogen) atoms. The van der Waals surface area contributed by atoms with Gasteiger partial charge in [0.25, 0.3) is 0 Å². The quantitative estimate of drug-likeness (QED) is 0.578. The lowest BCUT2D eigenvalue weighted by Gasteiger charge is -2.09. The second kappa shape index (κ2) is 4.13. The van der Waals surface area contributed by atoms with Gasteiger partial charge in [-0.05, 0) is 13.3 Å². The van der Waals surface area contributed by atoms with E-state index in [0.29, 0.717) is 6.54 Å². The van der Waals surface area contributed by atoms with Gasteiger partial charge in [0.1, 0.15) is 0 Å². The Kier molecular flexibility index (Phi) is 3.12. The average Bonchev–Trinajstić information content (AvgIpc) is 2.36. The Bertz CT molecular complexity index is 226. The first kappa shape index (κ1) is 9.08. The summed E-state index contributed by atoms with van der Waals surface area (Å²) in [7, 11) is 1.83. The normalized spacial score (nSPS) is 22.3. The maximum Gasteiger partial charge on any atom is 0.239 e. The number of rotatable bonds is 2. The van der Waals surface area contributed by atoms with Crippen molar-refractivity contribution in [2.24, 2.45) is 0 Å². The molecule has 0 aliphatic carbocycles. The molecule has 1 heterocycles. The third-order valence-corrected chi connectivity index (χ3v) is 2.04. The van der Waals surface area contributed by atoms with Gasteiger partial charge in [0.2, 0.25) is 5.91 Å². The summed E-state index contributed by atoms with van der Waals surface area (Å²) in [6, 6.07) is -0.00384. The summed E-state index contributed by atoms with van der Waals surface area (Å²) in [5, 5.41) is 3.10. The Morgan fingerprint density at radius 2 is 2.50 bits per heavy atom. The van der Waals surface area contributed by atoms with Crippen LogP contribution >= 0.6 is 0 Å². The van der Waals surface area contributed by atoms with Crippen LogP contribution in [0.25, 0.3) is 0 Å². The number of amides is 1. The largest absolute Gasteiger partial charge is 0.344 e. The van der Waals surface area contributed by atoms with E-state index in [4.69, 9.17) is 0 Å². The van der Waals surface area contributed by atoms with Crippen LogP contribution < -0.4 is 5.32 Å². The Labute approximate surface area is 73.1 Å². The molecule has 1 amide bonds. The molecule has 1 rings (SSSR count). The highest BCUT2D eigenvalue weighted by molar-refractivity contribution is 5.83. The van der Waals surface area contributed by atoms with Crippen molar-refractivity contribution in [3.63, 3.8) is 0 Å². The van der Waals surface area contributed by atoms with Crippen molar-refractivity contribution in [2.75, 3.05) is 20.1 Å². The Hall–Kier alpha value is -1.01. The van der Waals surface area contributed by atoms with E-state index in [9.17, 15) is 4.79 Å². The highest BCUT2D eigenvalue weighted by Gasteiger charge is 2.27. The van der Waals surface area contributed by atoms with Crippen molar-refractivity contribution >= 4 is 5.91 Å². The summed E-state index contributed by atoms with van der Waals surface area (Å²) in [6.07, 6.45) is 0.903. The predicted molar refractivity (Wildman–Crippen MR) is 47.5 cm³/mol. The lowest BCUT2D eigenvalue weighted by molar-refractivity contribution is -0.128. The molecule has 0 aromatic heterocycles. The first-order chi connectivity index (χ1) is 5.75. The molecule has 1 unspecified atom stereocenters. The molecule has 1 fully saturated rings. The maximum absolute atomic E-state index is 11.3. The average molecular weight is 166 g/mol. The summed E-state index contributed by atoms with van der Waals surface area (Å²) in [5.74, 6) is 5.85. The van der Waals surface area contributed by atoms with Gasteiger partial charge in [-0.15, -0.1) is 5.92 Å². The van der Waals surface area contributed by atoms with E-state index in [1.54, 1.807) is 11.8 Å². The fourth-order valence-corrected chi connectivity index (χ4v) is 1.27. The summed E-state index contributed by atoms with van der Waals surface area (Å²) < 4.78 is 0. The van der Waals surface area contributed by atoms with Crippen molar-refractivity contribution in [3.05, 3.63) is 0 Å². The zero-order valence-corrected chi connectivity index (χ0v) is 7.55. The van der Waals surface area contributed by atoms with E-state index < -0.39 is 0 Å². The van der Waals surface area contributed by atoms with E-state index in [2.05, 4.69) is 17.2 Å². The van der Waals surface area contributed by atoms with Crippen LogP contribution in [0.3, 0.4) is 0 Å². The minimum absolute atomic E-state index is 0.00384. The van der Waals surface area contributed by atoms with Gasteiger partial charge < -0.3 is 4.90 Å². The van der Waals surface area contributed by atoms with Gasteiger partial charge in [-0.3, -0.25) is 10.1 Å². The molecule has 0 bridgehead atoms. The SMILES string of the molecule is CC#CCNC1CCN(C)C1=O. The molecule has 1 aliphatic heterocycles. The summed E-state index contributed by atoms with van der Waals surface area (Å²) in [5.41, 5.74) is 0. The summed E-state index contributed by atoms with van der Waals surface area (Å²) in [6.45, 7) is 3.26. The zero-order chi connectivity index (χ0) is 8.97. The van der Waals surface area contributed by atoms with Gasteiger partial charge in [-0.2, -0.15) is 0 Å². The van der Waals surface area contributed by atoms with Crippen LogP contribution in [0.4, 0.5) is 0 Å². The summed E-state index contributed by atoms with van der Waals surface area (Å²) >= 11 is 0. The minimum atomic E-state index is -0.00384. The second-order valence-electron chi connectivity index (χ2n) is 2.91. The number of hydrogen-bond acceptors (Lipinski definition) is 2. The first-order valence-corrected chi connectivity index (χ1v) is 4.13. The molecular formula is C9H14N2O. The number of nitrogens with zero attached hydrogens (tertiary/aromatic N) is 1. The molecule has 1 N–H and O–H groups in total. The van der Waals surface area contributed by atoms with Crippen LogP contribution in [0, 0.1) is 11.8 Å². The van der Waals surface area contributed by atoms with Crippen molar-refractivity contribution in [1.29, 1.82) is 0 Å². The van der Waals surface area contributed by atoms with Crippen molar-refractivity contribution < 1.29 is 4.79 Å². The Morgan fingerprint density at radius 1 is 1.75 bits per heavy atom. The number of nitrogens with one attached hydrogen (secondary N) is 1. The number of carbonyl (C=O) groups is 1. The van der Waals surface area contributed by atoms with Crippen LogP contribution in [-0.4, -0.2) is 37.0 Å². The molecule has 0 aromatic rings. The maximum atomic E-state index is 11.3. The molecule has 66 valence electrons. The van der Waals surface area contributed by atoms with Gasteiger partial charge in [0.05, 0.1) is 12.6 Å². The van der Waals surface area contributed by atoms with E-state index in [-0.39, 0.29) is 11.9 Å². The second-order valence-corrected chi connectivity index (χ2v) is 2.91. The summed E-state index contributed by atoms with van der Waals surface area (Å²) in [4.78, 5) is 13.1. The molecular weight excluding hydrogens is 152 g/mol. The van der Waals surface area contributed by atoms with Gasteiger partial charge in [0, 0.05) is 13.6 Å².